The molecule has 0 bridgehead atoms. The lowest BCUT2D eigenvalue weighted by atomic mass is 10.3. The van der Waals surface area contributed by atoms with Crippen LogP contribution in [0.1, 0.15) is 10.5 Å². The number of benzene rings is 1. The van der Waals surface area contributed by atoms with Gasteiger partial charge in [-0.25, -0.2) is 14.2 Å². The van der Waals surface area contributed by atoms with Crippen LogP contribution < -0.4 is 5.32 Å². The fourth-order valence-electron chi connectivity index (χ4n) is 3.05. The largest absolute Gasteiger partial charge is 0.334 e. The molecule has 4 rings (SSSR count). The molecule has 3 aromatic rings. The summed E-state index contributed by atoms with van der Waals surface area (Å²) in [4.78, 5) is 32.7. The number of amides is 3. The van der Waals surface area contributed by atoms with Crippen molar-refractivity contribution in [1.82, 2.24) is 19.2 Å². The Balaban J connectivity index is 1.35. The van der Waals surface area contributed by atoms with E-state index in [1.165, 1.54) is 24.3 Å². The maximum Gasteiger partial charge on any atom is 0.321 e. The number of carbonyl (C=O) groups excluding carboxylic acids is 2. The molecule has 8 heteroatoms. The van der Waals surface area contributed by atoms with Crippen LogP contribution in [-0.2, 0) is 0 Å². The van der Waals surface area contributed by atoms with Crippen LogP contribution in [0.5, 0.6) is 0 Å². The second-order valence-corrected chi connectivity index (χ2v) is 6.31. The highest BCUT2D eigenvalue weighted by Gasteiger charge is 2.26. The predicted octanol–water partition coefficient (Wildman–Crippen LogP) is 2.46. The summed E-state index contributed by atoms with van der Waals surface area (Å²) in [6.07, 6.45) is 3.56. The second kappa shape index (κ2) is 7.06. The third-order valence-corrected chi connectivity index (χ3v) is 4.53. The zero-order valence-electron chi connectivity index (χ0n) is 14.5. The highest BCUT2D eigenvalue weighted by Crippen LogP contribution is 2.13. The number of imidazole rings is 1. The van der Waals surface area contributed by atoms with Crippen molar-refractivity contribution in [2.24, 2.45) is 0 Å². The first-order valence-corrected chi connectivity index (χ1v) is 8.65. The van der Waals surface area contributed by atoms with Gasteiger partial charge in [0.2, 0.25) is 0 Å². The quantitative estimate of drug-likeness (QED) is 0.756. The summed E-state index contributed by atoms with van der Waals surface area (Å²) in [5.41, 5.74) is 1.65. The SMILES string of the molecule is O=C(Nc1ccc(F)cc1)N1CCN(C(=O)c2cn3ccccc3n2)CC1. The molecule has 7 nitrogen and oxygen atoms in total. The van der Waals surface area contributed by atoms with Gasteiger partial charge in [-0.15, -0.1) is 0 Å². The van der Waals surface area contributed by atoms with Crippen molar-refractivity contribution in [2.45, 2.75) is 0 Å². The Hall–Kier alpha value is -3.42. The first kappa shape index (κ1) is 17.0. The van der Waals surface area contributed by atoms with Crippen LogP contribution in [0.25, 0.3) is 5.65 Å². The number of piperazine rings is 1. The maximum absolute atomic E-state index is 12.9. The molecular weight excluding hydrogens is 349 g/mol. The van der Waals surface area contributed by atoms with Crippen LogP contribution in [-0.4, -0.2) is 57.3 Å². The monoisotopic (exact) mass is 367 g/mol. The number of pyridine rings is 1. The third kappa shape index (κ3) is 3.59. The van der Waals surface area contributed by atoms with Gasteiger partial charge in [0.05, 0.1) is 0 Å². The van der Waals surface area contributed by atoms with Crippen molar-refractivity contribution < 1.29 is 14.0 Å². The zero-order valence-corrected chi connectivity index (χ0v) is 14.5. The number of carbonyl (C=O) groups is 2. The Morgan fingerprint density at radius 1 is 0.963 bits per heavy atom. The number of anilines is 1. The number of hydrogen-bond donors (Lipinski definition) is 1. The number of hydrogen-bond acceptors (Lipinski definition) is 3. The van der Waals surface area contributed by atoms with E-state index in [-0.39, 0.29) is 17.8 Å². The minimum atomic E-state index is -0.355. The van der Waals surface area contributed by atoms with Gasteiger partial charge in [0.25, 0.3) is 5.91 Å². The highest BCUT2D eigenvalue weighted by atomic mass is 19.1. The molecule has 1 aliphatic heterocycles. The molecule has 3 heterocycles. The molecule has 0 atom stereocenters. The van der Waals surface area contributed by atoms with Gasteiger partial charge in [-0.05, 0) is 36.4 Å². The minimum absolute atomic E-state index is 0.141. The number of rotatable bonds is 2. The van der Waals surface area contributed by atoms with Crippen molar-refractivity contribution in [2.75, 3.05) is 31.5 Å². The Morgan fingerprint density at radius 3 is 2.37 bits per heavy atom. The Kier molecular flexibility index (Phi) is 4.45. The molecule has 1 aromatic carbocycles. The fraction of sp³-hybridized carbons (Fsp3) is 0.211. The van der Waals surface area contributed by atoms with Gasteiger partial charge in [-0.3, -0.25) is 4.79 Å². The van der Waals surface area contributed by atoms with Gasteiger partial charge in [0, 0.05) is 44.3 Å². The zero-order chi connectivity index (χ0) is 18.8. The summed E-state index contributed by atoms with van der Waals surface area (Å²) in [6, 6.07) is 10.9. The average molecular weight is 367 g/mol. The maximum atomic E-state index is 12.9. The molecule has 1 aliphatic rings. The number of nitrogens with zero attached hydrogens (tertiary/aromatic N) is 4. The standard InChI is InChI=1S/C19H18FN5O2/c20-14-4-6-15(7-5-14)21-19(27)24-11-9-23(10-12-24)18(26)16-13-25-8-2-1-3-17(25)22-16/h1-8,13H,9-12H2,(H,21,27). The van der Waals surface area contributed by atoms with Crippen LogP contribution in [0, 0.1) is 5.82 Å². The number of halogens is 1. The lowest BCUT2D eigenvalue weighted by Crippen LogP contribution is -2.51. The summed E-state index contributed by atoms with van der Waals surface area (Å²) in [5, 5.41) is 2.73. The van der Waals surface area contributed by atoms with Gasteiger partial charge < -0.3 is 19.5 Å². The number of nitrogens with one attached hydrogen (secondary N) is 1. The first-order valence-electron chi connectivity index (χ1n) is 8.65. The van der Waals surface area contributed by atoms with E-state index in [1.54, 1.807) is 20.4 Å². The summed E-state index contributed by atoms with van der Waals surface area (Å²) in [5.74, 6) is -0.496. The Labute approximate surface area is 155 Å². The summed E-state index contributed by atoms with van der Waals surface area (Å²) in [6.45, 7) is 1.71. The minimum Gasteiger partial charge on any atom is -0.334 e. The fourth-order valence-corrected chi connectivity index (χ4v) is 3.05. The molecular formula is C19H18FN5O2. The molecule has 138 valence electrons. The molecule has 3 amide bonds. The van der Waals surface area contributed by atoms with Crippen LogP contribution in [0.4, 0.5) is 14.9 Å². The van der Waals surface area contributed by atoms with Crippen molar-refractivity contribution in [3.8, 4) is 0 Å². The lowest BCUT2D eigenvalue weighted by Gasteiger charge is -2.34. The van der Waals surface area contributed by atoms with E-state index in [1.807, 2.05) is 24.4 Å². The lowest BCUT2D eigenvalue weighted by molar-refractivity contribution is 0.0666. The number of urea groups is 1. The normalized spacial score (nSPS) is 14.4. The topological polar surface area (TPSA) is 70.0 Å². The van der Waals surface area contributed by atoms with E-state index >= 15 is 0 Å². The smallest absolute Gasteiger partial charge is 0.321 e. The first-order chi connectivity index (χ1) is 13.1. The third-order valence-electron chi connectivity index (χ3n) is 4.53. The molecule has 1 saturated heterocycles. The van der Waals surface area contributed by atoms with Gasteiger partial charge in [-0.2, -0.15) is 0 Å². The Bertz CT molecular complexity index is 944. The molecule has 0 aliphatic carbocycles. The van der Waals surface area contributed by atoms with E-state index in [0.717, 1.165) is 5.65 Å². The van der Waals surface area contributed by atoms with Crippen molar-refractivity contribution in [3.05, 3.63) is 66.4 Å². The Morgan fingerprint density at radius 2 is 1.67 bits per heavy atom. The molecule has 2 aromatic heterocycles. The molecule has 0 saturated carbocycles. The van der Waals surface area contributed by atoms with Gasteiger partial charge in [-0.1, -0.05) is 6.07 Å². The summed E-state index contributed by atoms with van der Waals surface area (Å²) >= 11 is 0. The van der Waals surface area contributed by atoms with Crippen LogP contribution >= 0.6 is 0 Å². The van der Waals surface area contributed by atoms with Crippen molar-refractivity contribution in [1.29, 1.82) is 0 Å². The average Bonchev–Trinajstić information content (AvgIpc) is 3.13. The van der Waals surface area contributed by atoms with Crippen LogP contribution in [0.2, 0.25) is 0 Å². The molecule has 0 radical (unpaired) electrons. The molecule has 1 fully saturated rings. The van der Waals surface area contributed by atoms with E-state index in [9.17, 15) is 14.0 Å². The van der Waals surface area contributed by atoms with Crippen LogP contribution in [0.3, 0.4) is 0 Å². The summed E-state index contributed by atoms with van der Waals surface area (Å²) < 4.78 is 14.7. The second-order valence-electron chi connectivity index (χ2n) is 6.31. The summed E-state index contributed by atoms with van der Waals surface area (Å²) in [7, 11) is 0. The van der Waals surface area contributed by atoms with E-state index in [4.69, 9.17) is 0 Å². The highest BCUT2D eigenvalue weighted by molar-refractivity contribution is 5.93. The van der Waals surface area contributed by atoms with Crippen molar-refractivity contribution in [3.63, 3.8) is 0 Å². The van der Waals surface area contributed by atoms with Crippen LogP contribution in [0.15, 0.2) is 54.9 Å². The van der Waals surface area contributed by atoms with Gasteiger partial charge in [0.15, 0.2) is 0 Å². The van der Waals surface area contributed by atoms with E-state index < -0.39 is 0 Å². The number of aromatic nitrogens is 2. The van der Waals surface area contributed by atoms with Gasteiger partial charge >= 0.3 is 6.03 Å². The number of fused-ring (bicyclic) bond motifs is 1. The van der Waals surface area contributed by atoms with E-state index in [0.29, 0.717) is 37.6 Å². The molecule has 27 heavy (non-hydrogen) atoms. The van der Waals surface area contributed by atoms with Crippen molar-refractivity contribution >= 4 is 23.3 Å². The predicted molar refractivity (Wildman–Crippen MR) is 98.1 cm³/mol. The van der Waals surface area contributed by atoms with E-state index in [2.05, 4.69) is 10.3 Å². The molecule has 1 N–H and O–H groups in total. The molecule has 0 unspecified atom stereocenters. The molecule has 0 spiro atoms. The van der Waals surface area contributed by atoms with Gasteiger partial charge in [0.1, 0.15) is 17.2 Å².